The predicted molar refractivity (Wildman–Crippen MR) is 250 cm³/mol. The number of ether oxygens (including phenoxy) is 2. The number of nitrogen functional groups attached to an aromatic ring is 1. The standard InChI is InChI=1S/C40H40F3N7O5.C6H13N.C3H8/c1-49-22-38(52)48-28(23-51)17-26-8-10-30(20-35(26)49)55-37(25-12-15-45-16-13-25)21-47-39(53)27-9-11-36(54-2)33(18-27)46-14-4-5-29-19-31-32(44)6-3-7-34(31)50(29)24-40(41,42)43;1-7-5-3-2-4-6-7;1-3-2/h3,6-13,15-16,18-20,28,37,46,51H,14,17,21-24,44H2,1-2H3,(H,47,53)(H,48,52);2-6H2,1H3;3H2,1-2H3. The van der Waals surface area contributed by atoms with Gasteiger partial charge >= 0.3 is 6.18 Å². The van der Waals surface area contributed by atoms with Gasteiger partial charge in [-0.25, -0.2) is 0 Å². The van der Waals surface area contributed by atoms with Crippen LogP contribution in [0.4, 0.5) is 30.2 Å². The van der Waals surface area contributed by atoms with Crippen LogP contribution in [0, 0.1) is 11.8 Å². The minimum atomic E-state index is -4.46. The first kappa shape index (κ1) is 49.6. The molecule has 1 fully saturated rings. The summed E-state index contributed by atoms with van der Waals surface area (Å²) in [6, 6.07) is 19.9. The number of piperidine rings is 1. The maximum atomic E-state index is 13.5. The summed E-state index contributed by atoms with van der Waals surface area (Å²) in [6.45, 7) is 5.70. The van der Waals surface area contributed by atoms with Crippen LogP contribution in [0.25, 0.3) is 10.9 Å². The zero-order valence-electron chi connectivity index (χ0n) is 37.8. The summed E-state index contributed by atoms with van der Waals surface area (Å²) in [6.07, 6.45) is 4.15. The molecule has 0 radical (unpaired) electrons. The normalized spacial score (nSPS) is 15.5. The summed E-state index contributed by atoms with van der Waals surface area (Å²) >= 11 is 0. The van der Waals surface area contributed by atoms with Gasteiger partial charge in [0.1, 0.15) is 24.1 Å². The monoisotopic (exact) mass is 898 g/mol. The first-order valence-corrected chi connectivity index (χ1v) is 21.9. The van der Waals surface area contributed by atoms with Gasteiger partial charge in [-0.3, -0.25) is 14.6 Å². The van der Waals surface area contributed by atoms with Crippen molar-refractivity contribution in [1.82, 2.24) is 25.1 Å². The highest BCUT2D eigenvalue weighted by atomic mass is 19.4. The number of aliphatic hydroxyl groups excluding tert-OH is 1. The van der Waals surface area contributed by atoms with E-state index in [0.29, 0.717) is 45.8 Å². The van der Waals surface area contributed by atoms with E-state index in [0.717, 1.165) is 21.4 Å². The van der Waals surface area contributed by atoms with Crippen LogP contribution in [0.2, 0.25) is 0 Å². The van der Waals surface area contributed by atoms with E-state index in [-0.39, 0.29) is 37.8 Å². The molecule has 6 N–H and O–H groups in total. The molecule has 348 valence electrons. The van der Waals surface area contributed by atoms with Crippen molar-refractivity contribution in [2.24, 2.45) is 0 Å². The average molecular weight is 899 g/mol. The van der Waals surface area contributed by atoms with E-state index in [4.69, 9.17) is 15.2 Å². The number of amides is 2. The number of nitrogens with one attached hydrogen (secondary N) is 3. The number of alkyl halides is 3. The molecular formula is C49H61F3N8O5. The molecule has 3 aromatic carbocycles. The number of carbonyl (C=O) groups is 2. The van der Waals surface area contributed by atoms with E-state index in [1.807, 2.05) is 30.1 Å². The molecule has 2 unspecified atom stereocenters. The van der Waals surface area contributed by atoms with Crippen molar-refractivity contribution >= 4 is 39.8 Å². The predicted octanol–water partition coefficient (Wildman–Crippen LogP) is 7.19. The van der Waals surface area contributed by atoms with Gasteiger partial charge in [-0.1, -0.05) is 44.7 Å². The second kappa shape index (κ2) is 24.0. The molecule has 0 aliphatic carbocycles. The van der Waals surface area contributed by atoms with E-state index in [2.05, 4.69) is 58.6 Å². The summed E-state index contributed by atoms with van der Waals surface area (Å²) in [5, 5.41) is 19.1. The van der Waals surface area contributed by atoms with Gasteiger partial charge < -0.3 is 50.6 Å². The molecule has 4 heterocycles. The number of benzene rings is 3. The number of pyridine rings is 1. The van der Waals surface area contributed by atoms with Gasteiger partial charge in [0, 0.05) is 47.8 Å². The zero-order chi connectivity index (χ0) is 46.9. The fourth-order valence-corrected chi connectivity index (χ4v) is 7.48. The Balaban J connectivity index is 0.000000708. The number of likely N-dealkylation sites (tertiary alicyclic amines) is 1. The largest absolute Gasteiger partial charge is 0.495 e. The number of anilines is 3. The van der Waals surface area contributed by atoms with Gasteiger partial charge in [0.05, 0.1) is 56.3 Å². The minimum absolute atomic E-state index is 0.0315. The highest BCUT2D eigenvalue weighted by Gasteiger charge is 2.30. The highest BCUT2D eigenvalue weighted by molar-refractivity contribution is 5.96. The summed E-state index contributed by atoms with van der Waals surface area (Å²) in [7, 11) is 5.48. The first-order chi connectivity index (χ1) is 31.2. The maximum absolute atomic E-state index is 13.5. The lowest BCUT2D eigenvalue weighted by Gasteiger charge is -2.29. The zero-order valence-corrected chi connectivity index (χ0v) is 37.8. The van der Waals surface area contributed by atoms with Crippen molar-refractivity contribution in [1.29, 1.82) is 0 Å². The summed E-state index contributed by atoms with van der Waals surface area (Å²) in [5.41, 5.74) is 10.1. The molecule has 0 bridgehead atoms. The number of aromatic nitrogens is 2. The van der Waals surface area contributed by atoms with E-state index >= 15 is 0 Å². The van der Waals surface area contributed by atoms with Gasteiger partial charge in [-0.15, -0.1) is 0 Å². The van der Waals surface area contributed by atoms with E-state index < -0.39 is 30.8 Å². The lowest BCUT2D eigenvalue weighted by Crippen LogP contribution is -2.46. The van der Waals surface area contributed by atoms with Crippen LogP contribution in [-0.4, -0.2) is 104 Å². The van der Waals surface area contributed by atoms with Crippen molar-refractivity contribution in [2.45, 2.75) is 70.8 Å². The smallest absolute Gasteiger partial charge is 0.406 e. The van der Waals surface area contributed by atoms with Crippen molar-refractivity contribution in [2.75, 3.05) is 76.5 Å². The Hall–Kier alpha value is -6.44. The number of nitrogens with two attached hydrogens (primary N) is 1. The summed E-state index contributed by atoms with van der Waals surface area (Å²) < 4.78 is 53.3. The number of carbonyl (C=O) groups excluding carboxylic acids is 2. The van der Waals surface area contributed by atoms with Gasteiger partial charge in [-0.2, -0.15) is 13.2 Å². The molecule has 65 heavy (non-hydrogen) atoms. The third-order valence-corrected chi connectivity index (χ3v) is 10.6. The molecule has 16 heteroatoms. The van der Waals surface area contributed by atoms with Crippen LogP contribution in [-0.2, 0) is 17.8 Å². The number of methoxy groups -OCH3 is 1. The third-order valence-electron chi connectivity index (χ3n) is 10.6. The van der Waals surface area contributed by atoms with Crippen molar-refractivity contribution < 1.29 is 37.3 Å². The Morgan fingerprint density at radius 1 is 1.03 bits per heavy atom. The Labute approximate surface area is 379 Å². The second-order valence-corrected chi connectivity index (χ2v) is 16.0. The van der Waals surface area contributed by atoms with Gasteiger partial charge in [0.2, 0.25) is 5.91 Å². The number of hydrogen-bond donors (Lipinski definition) is 5. The molecule has 2 aliphatic heterocycles. The van der Waals surface area contributed by atoms with E-state index in [1.165, 1.54) is 51.9 Å². The highest BCUT2D eigenvalue weighted by Crippen LogP contribution is 2.32. The van der Waals surface area contributed by atoms with Crippen molar-refractivity contribution in [3.05, 3.63) is 108 Å². The third kappa shape index (κ3) is 14.5. The molecule has 13 nitrogen and oxygen atoms in total. The molecule has 2 atom stereocenters. The van der Waals surface area contributed by atoms with E-state index in [9.17, 15) is 27.9 Å². The number of likely N-dealkylation sites (N-methyl/N-ethyl adjacent to an activating group) is 1. The number of halogens is 3. The Bertz CT molecular complexity index is 2390. The van der Waals surface area contributed by atoms with Crippen LogP contribution in [0.15, 0.2) is 85.2 Å². The minimum Gasteiger partial charge on any atom is -0.495 e. The lowest BCUT2D eigenvalue weighted by atomic mass is 10.0. The molecular weight excluding hydrogens is 838 g/mol. The van der Waals surface area contributed by atoms with E-state index in [1.54, 1.807) is 60.9 Å². The summed E-state index contributed by atoms with van der Waals surface area (Å²) in [5.74, 6) is 6.05. The molecule has 2 aliphatic rings. The molecule has 1 saturated heterocycles. The second-order valence-electron chi connectivity index (χ2n) is 16.0. The molecule has 0 spiro atoms. The van der Waals surface area contributed by atoms with Gasteiger partial charge in [0.15, 0.2) is 0 Å². The fourth-order valence-electron chi connectivity index (χ4n) is 7.48. The number of hydrogen-bond acceptors (Lipinski definition) is 10. The number of aliphatic hydroxyl groups is 1. The average Bonchev–Trinajstić information content (AvgIpc) is 3.63. The maximum Gasteiger partial charge on any atom is 0.406 e. The van der Waals surface area contributed by atoms with Crippen LogP contribution < -0.4 is 36.1 Å². The Morgan fingerprint density at radius 3 is 2.43 bits per heavy atom. The van der Waals surface area contributed by atoms with Crippen LogP contribution >= 0.6 is 0 Å². The SMILES string of the molecule is CCC.CN1CCCCC1.COc1ccc(C(=O)NCC(Oc2ccc3c(c2)N(C)CC(=O)NC(CO)C3)c2ccncc2)cc1NCC#Cc1cc2c(N)cccc2n1CC(F)(F)F. The van der Waals surface area contributed by atoms with Crippen molar-refractivity contribution in [3.8, 4) is 23.3 Å². The molecule has 7 rings (SSSR count). The summed E-state index contributed by atoms with van der Waals surface area (Å²) in [4.78, 5) is 34.2. The first-order valence-electron chi connectivity index (χ1n) is 21.9. The van der Waals surface area contributed by atoms with Crippen LogP contribution in [0.5, 0.6) is 11.5 Å². The molecule has 0 saturated carbocycles. The van der Waals surface area contributed by atoms with Gasteiger partial charge in [0.25, 0.3) is 5.91 Å². The van der Waals surface area contributed by atoms with Crippen LogP contribution in [0.3, 0.4) is 0 Å². The molecule has 5 aromatic rings. The van der Waals surface area contributed by atoms with Crippen LogP contribution in [0.1, 0.15) is 72.8 Å². The fraction of sp³-hybridized carbons (Fsp3) is 0.408. The topological polar surface area (TPSA) is 159 Å². The van der Waals surface area contributed by atoms with Gasteiger partial charge in [-0.05, 0) is 111 Å². The van der Waals surface area contributed by atoms with Crippen molar-refractivity contribution in [3.63, 3.8) is 0 Å². The molecule has 2 aromatic heterocycles. The number of nitrogens with zero attached hydrogens (tertiary/aromatic N) is 4. The lowest BCUT2D eigenvalue weighted by molar-refractivity contribution is -0.140. The Kier molecular flexibility index (Phi) is 18.3. The quantitative estimate of drug-likeness (QED) is 0.0679. The Morgan fingerprint density at radius 2 is 1.77 bits per heavy atom. The number of fused-ring (bicyclic) bond motifs is 2. The molecule has 2 amide bonds. The number of rotatable bonds is 11.